The van der Waals surface area contributed by atoms with Crippen LogP contribution in [0.15, 0.2) is 0 Å². The third-order valence-corrected chi connectivity index (χ3v) is 1.03. The van der Waals surface area contributed by atoms with Gasteiger partial charge in [0, 0.05) is 5.88 Å². The van der Waals surface area contributed by atoms with Gasteiger partial charge in [0.1, 0.15) is 0 Å². The standard InChI is InChI=1S/C4H9Cl.C2H6O2/c1-4(2)3-5;3-1-2-4/h4H,3H2,1-2H3;3-4H,1-2H2. The summed E-state index contributed by atoms with van der Waals surface area (Å²) in [6, 6.07) is 0. The minimum absolute atomic E-state index is 0.125. The Kier molecular flexibility index (Phi) is 14.7. The molecule has 3 heteroatoms. The van der Waals surface area contributed by atoms with E-state index in [9.17, 15) is 0 Å². The van der Waals surface area contributed by atoms with E-state index >= 15 is 0 Å². The summed E-state index contributed by atoms with van der Waals surface area (Å²) in [5.41, 5.74) is 0. The van der Waals surface area contributed by atoms with Crippen molar-refractivity contribution in [1.29, 1.82) is 0 Å². The van der Waals surface area contributed by atoms with Gasteiger partial charge in [0.15, 0.2) is 0 Å². The van der Waals surface area contributed by atoms with Gasteiger partial charge in [-0.2, -0.15) is 0 Å². The highest BCUT2D eigenvalue weighted by molar-refractivity contribution is 6.17. The van der Waals surface area contributed by atoms with Crippen LogP contribution in [0.1, 0.15) is 13.8 Å². The third kappa shape index (κ3) is 30.7. The molecule has 0 unspecified atom stereocenters. The van der Waals surface area contributed by atoms with Gasteiger partial charge < -0.3 is 10.2 Å². The van der Waals surface area contributed by atoms with Gasteiger partial charge in [-0.1, -0.05) is 13.8 Å². The number of rotatable bonds is 2. The van der Waals surface area contributed by atoms with Crippen LogP contribution in [0.3, 0.4) is 0 Å². The van der Waals surface area contributed by atoms with Crippen molar-refractivity contribution in [3.63, 3.8) is 0 Å². The van der Waals surface area contributed by atoms with Crippen LogP contribution < -0.4 is 0 Å². The molecule has 2 nitrogen and oxygen atoms in total. The van der Waals surface area contributed by atoms with E-state index in [2.05, 4.69) is 13.8 Å². The highest BCUT2D eigenvalue weighted by atomic mass is 35.5. The van der Waals surface area contributed by atoms with E-state index < -0.39 is 0 Å². The van der Waals surface area contributed by atoms with E-state index in [0.29, 0.717) is 5.92 Å². The Morgan fingerprint density at radius 1 is 1.22 bits per heavy atom. The third-order valence-electron chi connectivity index (χ3n) is 0.409. The van der Waals surface area contributed by atoms with Crippen LogP contribution in [0.25, 0.3) is 0 Å². The maximum atomic E-state index is 7.62. The van der Waals surface area contributed by atoms with Gasteiger partial charge in [-0.05, 0) is 5.92 Å². The minimum atomic E-state index is -0.125. The lowest BCUT2D eigenvalue weighted by molar-refractivity contribution is 0.186. The van der Waals surface area contributed by atoms with E-state index in [4.69, 9.17) is 21.8 Å². The van der Waals surface area contributed by atoms with Gasteiger partial charge >= 0.3 is 0 Å². The zero-order valence-corrected chi connectivity index (χ0v) is 6.73. The van der Waals surface area contributed by atoms with Crippen molar-refractivity contribution in [3.05, 3.63) is 0 Å². The molecular formula is C6H15ClO2. The van der Waals surface area contributed by atoms with Crippen LogP contribution in [0.4, 0.5) is 0 Å². The van der Waals surface area contributed by atoms with Crippen LogP contribution in [-0.2, 0) is 0 Å². The normalized spacial score (nSPS) is 8.67. The largest absolute Gasteiger partial charge is 0.394 e. The molecule has 0 spiro atoms. The van der Waals surface area contributed by atoms with E-state index in [1.54, 1.807) is 0 Å². The Labute approximate surface area is 61.5 Å². The maximum absolute atomic E-state index is 7.62. The molecule has 0 heterocycles. The molecule has 0 aromatic heterocycles. The quantitative estimate of drug-likeness (QED) is 0.579. The Balaban J connectivity index is 0. The Morgan fingerprint density at radius 3 is 1.44 bits per heavy atom. The molecule has 0 aromatic rings. The van der Waals surface area contributed by atoms with Crippen LogP contribution in [0.5, 0.6) is 0 Å². The minimum Gasteiger partial charge on any atom is -0.394 e. The Morgan fingerprint density at radius 2 is 1.44 bits per heavy atom. The van der Waals surface area contributed by atoms with Crippen molar-refractivity contribution in [3.8, 4) is 0 Å². The summed E-state index contributed by atoms with van der Waals surface area (Å²) in [4.78, 5) is 0. The van der Waals surface area contributed by atoms with Crippen LogP contribution >= 0.6 is 11.6 Å². The summed E-state index contributed by atoms with van der Waals surface area (Å²) in [6.45, 7) is 3.93. The SMILES string of the molecule is CC(C)CCl.OCCO. The van der Waals surface area contributed by atoms with Gasteiger partial charge in [0.2, 0.25) is 0 Å². The molecule has 0 aromatic carbocycles. The van der Waals surface area contributed by atoms with E-state index in [1.807, 2.05) is 0 Å². The molecule has 0 rings (SSSR count). The molecule has 0 saturated carbocycles. The molecule has 0 aliphatic carbocycles. The fourth-order valence-corrected chi connectivity index (χ4v) is 0. The number of aliphatic hydroxyl groups excluding tert-OH is 2. The number of hydrogen-bond donors (Lipinski definition) is 2. The molecule has 0 atom stereocenters. The summed E-state index contributed by atoms with van der Waals surface area (Å²) < 4.78 is 0. The molecule has 0 saturated heterocycles. The fourth-order valence-electron chi connectivity index (χ4n) is 0. The van der Waals surface area contributed by atoms with Crippen molar-refractivity contribution in [2.24, 2.45) is 5.92 Å². The number of halogens is 1. The first-order valence-electron chi connectivity index (χ1n) is 2.96. The van der Waals surface area contributed by atoms with Crippen molar-refractivity contribution in [1.82, 2.24) is 0 Å². The van der Waals surface area contributed by atoms with Crippen molar-refractivity contribution >= 4 is 11.6 Å². The van der Waals surface area contributed by atoms with Crippen LogP contribution in [0.2, 0.25) is 0 Å². The molecule has 2 N–H and O–H groups in total. The lowest BCUT2D eigenvalue weighted by Crippen LogP contribution is -1.85. The molecule has 0 aliphatic rings. The smallest absolute Gasteiger partial charge is 0.0662 e. The van der Waals surface area contributed by atoms with Crippen molar-refractivity contribution < 1.29 is 10.2 Å². The monoisotopic (exact) mass is 154 g/mol. The Hall–Kier alpha value is 0.210. The van der Waals surface area contributed by atoms with E-state index in [0.717, 1.165) is 5.88 Å². The lowest BCUT2D eigenvalue weighted by Gasteiger charge is -1.88. The number of alkyl halides is 1. The maximum Gasteiger partial charge on any atom is 0.0662 e. The molecule has 0 bridgehead atoms. The second-order valence-corrected chi connectivity index (χ2v) is 2.30. The summed E-state index contributed by atoms with van der Waals surface area (Å²) in [5, 5.41) is 15.2. The van der Waals surface area contributed by atoms with Gasteiger partial charge in [-0.15, -0.1) is 11.6 Å². The van der Waals surface area contributed by atoms with Gasteiger partial charge in [0.05, 0.1) is 13.2 Å². The highest BCUT2D eigenvalue weighted by Crippen LogP contribution is 1.91. The summed E-state index contributed by atoms with van der Waals surface area (Å²) in [5.74, 6) is 1.43. The molecule has 58 valence electrons. The number of aliphatic hydroxyl groups is 2. The average Bonchev–Trinajstić information content (AvgIpc) is 1.89. The zero-order valence-electron chi connectivity index (χ0n) is 5.97. The molecule has 0 fully saturated rings. The average molecular weight is 155 g/mol. The molecule has 0 aliphatic heterocycles. The van der Waals surface area contributed by atoms with Gasteiger partial charge in [-0.3, -0.25) is 0 Å². The number of hydrogen-bond acceptors (Lipinski definition) is 2. The molecule has 0 amide bonds. The first kappa shape index (κ1) is 11.9. The van der Waals surface area contributed by atoms with Crippen molar-refractivity contribution in [2.45, 2.75) is 13.8 Å². The summed E-state index contributed by atoms with van der Waals surface area (Å²) in [7, 11) is 0. The zero-order chi connectivity index (χ0) is 7.70. The van der Waals surface area contributed by atoms with Gasteiger partial charge in [0.25, 0.3) is 0 Å². The predicted molar refractivity (Wildman–Crippen MR) is 39.7 cm³/mol. The first-order valence-corrected chi connectivity index (χ1v) is 3.50. The Bertz CT molecular complexity index is 38.0. The van der Waals surface area contributed by atoms with Crippen LogP contribution in [-0.4, -0.2) is 29.3 Å². The highest BCUT2D eigenvalue weighted by Gasteiger charge is 1.82. The van der Waals surface area contributed by atoms with E-state index in [-0.39, 0.29) is 13.2 Å². The summed E-state index contributed by atoms with van der Waals surface area (Å²) in [6.07, 6.45) is 0. The van der Waals surface area contributed by atoms with E-state index in [1.165, 1.54) is 0 Å². The predicted octanol–water partition coefficient (Wildman–Crippen LogP) is 0.852. The topological polar surface area (TPSA) is 40.5 Å². The molecule has 0 radical (unpaired) electrons. The second kappa shape index (κ2) is 11.1. The fraction of sp³-hybridized carbons (Fsp3) is 1.00. The van der Waals surface area contributed by atoms with Crippen LogP contribution in [0, 0.1) is 5.92 Å². The van der Waals surface area contributed by atoms with Crippen molar-refractivity contribution in [2.75, 3.05) is 19.1 Å². The lowest BCUT2D eigenvalue weighted by atomic mass is 10.3. The summed E-state index contributed by atoms with van der Waals surface area (Å²) >= 11 is 5.34. The molecule has 9 heavy (non-hydrogen) atoms. The first-order chi connectivity index (χ1) is 4.18. The molecular weight excluding hydrogens is 140 g/mol. The van der Waals surface area contributed by atoms with Gasteiger partial charge in [-0.25, -0.2) is 0 Å². The second-order valence-electron chi connectivity index (χ2n) is 2.00.